The van der Waals surface area contributed by atoms with Gasteiger partial charge in [0.1, 0.15) is 0 Å². The van der Waals surface area contributed by atoms with Gasteiger partial charge in [0.25, 0.3) is 0 Å². The summed E-state index contributed by atoms with van der Waals surface area (Å²) in [5, 5.41) is 4.12. The van der Waals surface area contributed by atoms with E-state index in [2.05, 4.69) is 39.7 Å². The molecule has 0 radical (unpaired) electrons. The Morgan fingerprint density at radius 2 is 1.87 bits per heavy atom. The van der Waals surface area contributed by atoms with Crippen molar-refractivity contribution in [1.29, 1.82) is 0 Å². The van der Waals surface area contributed by atoms with Crippen molar-refractivity contribution in [1.82, 2.24) is 9.78 Å². The summed E-state index contributed by atoms with van der Waals surface area (Å²) in [6, 6.07) is 0. The molecule has 84 valence electrons. The maximum absolute atomic E-state index is 5.94. The minimum atomic E-state index is -0.136. The van der Waals surface area contributed by atoms with Crippen LogP contribution in [0.25, 0.3) is 0 Å². The largest absolute Gasteiger partial charge is 0.429 e. The van der Waals surface area contributed by atoms with Crippen molar-refractivity contribution in [2.45, 2.75) is 40.2 Å². The highest BCUT2D eigenvalue weighted by molar-refractivity contribution is 6.46. The van der Waals surface area contributed by atoms with Crippen LogP contribution in [0, 0.1) is 5.41 Å². The number of hydrogen-bond donors (Lipinski definition) is 0. The first-order valence-corrected chi connectivity index (χ1v) is 5.34. The first-order valence-electron chi connectivity index (χ1n) is 5.34. The Bertz CT molecular complexity index is 326. The van der Waals surface area contributed by atoms with Crippen molar-refractivity contribution in [3.8, 4) is 0 Å². The van der Waals surface area contributed by atoms with Crippen LogP contribution in [0.1, 0.15) is 34.6 Å². The molecule has 1 heterocycles. The average Bonchev–Trinajstić information content (AvgIpc) is 2.46. The molecule has 0 aliphatic carbocycles. The molecule has 0 fully saturated rings. The summed E-state index contributed by atoms with van der Waals surface area (Å²) in [5.74, 6) is 0. The molecule has 3 nitrogen and oxygen atoms in total. The Labute approximate surface area is 93.1 Å². The monoisotopic (exact) mass is 208 g/mol. The SMILES string of the molecule is Cn1cc(BOC(C)(C)C(C)(C)C)cn1. The number of aryl methyl sites for hydroxylation is 1. The predicted octanol–water partition coefficient (Wildman–Crippen LogP) is 1.24. The Kier molecular flexibility index (Phi) is 3.29. The van der Waals surface area contributed by atoms with E-state index in [4.69, 9.17) is 4.65 Å². The number of hydrogen-bond acceptors (Lipinski definition) is 2. The van der Waals surface area contributed by atoms with Gasteiger partial charge in [-0.2, -0.15) is 5.10 Å². The standard InChI is InChI=1S/C11H21BN2O/c1-10(2,3)11(4,5)15-12-9-7-13-14(6)8-9/h7-8,12H,1-6H3. The zero-order chi connectivity index (χ0) is 11.7. The molecule has 0 unspecified atom stereocenters. The zero-order valence-corrected chi connectivity index (χ0v) is 10.7. The molecule has 0 bridgehead atoms. The van der Waals surface area contributed by atoms with Gasteiger partial charge in [-0.1, -0.05) is 20.8 Å². The molecule has 0 aliphatic heterocycles. The van der Waals surface area contributed by atoms with E-state index in [9.17, 15) is 0 Å². The first-order chi connectivity index (χ1) is 6.72. The van der Waals surface area contributed by atoms with Gasteiger partial charge in [0.2, 0.25) is 0 Å². The number of aromatic nitrogens is 2. The molecular weight excluding hydrogens is 187 g/mol. The summed E-state index contributed by atoms with van der Waals surface area (Å²) in [5.41, 5.74) is 1.12. The molecule has 1 rings (SSSR count). The topological polar surface area (TPSA) is 27.1 Å². The van der Waals surface area contributed by atoms with Gasteiger partial charge in [0.05, 0.1) is 5.60 Å². The molecule has 15 heavy (non-hydrogen) atoms. The van der Waals surface area contributed by atoms with Crippen molar-refractivity contribution in [2.75, 3.05) is 0 Å². The zero-order valence-electron chi connectivity index (χ0n) is 10.7. The van der Waals surface area contributed by atoms with Crippen molar-refractivity contribution < 1.29 is 4.65 Å². The van der Waals surface area contributed by atoms with Gasteiger partial charge < -0.3 is 4.65 Å². The van der Waals surface area contributed by atoms with Crippen molar-refractivity contribution >= 4 is 12.9 Å². The molecule has 0 N–H and O–H groups in total. The van der Waals surface area contributed by atoms with Gasteiger partial charge in [-0.3, -0.25) is 4.68 Å². The van der Waals surface area contributed by atoms with E-state index < -0.39 is 0 Å². The molecular formula is C11H21BN2O. The lowest BCUT2D eigenvalue weighted by molar-refractivity contribution is 0.00504. The van der Waals surface area contributed by atoms with E-state index >= 15 is 0 Å². The van der Waals surface area contributed by atoms with E-state index in [-0.39, 0.29) is 11.0 Å². The van der Waals surface area contributed by atoms with Crippen LogP contribution in [0.15, 0.2) is 12.4 Å². The number of rotatable bonds is 3. The summed E-state index contributed by atoms with van der Waals surface area (Å²) < 4.78 is 7.73. The van der Waals surface area contributed by atoms with Crippen LogP contribution < -0.4 is 5.46 Å². The fourth-order valence-electron chi connectivity index (χ4n) is 1.03. The Morgan fingerprint density at radius 3 is 2.27 bits per heavy atom. The second kappa shape index (κ2) is 4.01. The van der Waals surface area contributed by atoms with Crippen molar-refractivity contribution in [3.05, 3.63) is 12.4 Å². The van der Waals surface area contributed by atoms with Gasteiger partial charge in [0.15, 0.2) is 0 Å². The molecule has 0 spiro atoms. The summed E-state index contributed by atoms with van der Waals surface area (Å²) in [4.78, 5) is 0. The molecule has 4 heteroatoms. The summed E-state index contributed by atoms with van der Waals surface area (Å²) >= 11 is 0. The Hall–Kier alpha value is -0.765. The summed E-state index contributed by atoms with van der Waals surface area (Å²) in [6.07, 6.45) is 3.83. The van der Waals surface area contributed by atoms with Crippen LogP contribution >= 0.6 is 0 Å². The summed E-state index contributed by atoms with van der Waals surface area (Å²) in [6.45, 7) is 10.8. The molecule has 0 aliphatic rings. The molecule has 0 aromatic carbocycles. The highest BCUT2D eigenvalue weighted by Gasteiger charge is 2.33. The lowest BCUT2D eigenvalue weighted by Crippen LogP contribution is -2.42. The molecule has 0 saturated heterocycles. The van der Waals surface area contributed by atoms with Gasteiger partial charge in [-0.05, 0) is 24.7 Å². The quantitative estimate of drug-likeness (QED) is 0.698. The molecule has 1 aromatic heterocycles. The van der Waals surface area contributed by atoms with E-state index in [1.165, 1.54) is 0 Å². The smallest absolute Gasteiger partial charge is 0.312 e. The van der Waals surface area contributed by atoms with Crippen LogP contribution in [0.4, 0.5) is 0 Å². The maximum Gasteiger partial charge on any atom is 0.312 e. The number of nitrogens with zero attached hydrogens (tertiary/aromatic N) is 2. The van der Waals surface area contributed by atoms with E-state index in [0.29, 0.717) is 7.48 Å². The molecule has 0 saturated carbocycles. The minimum Gasteiger partial charge on any atom is -0.429 e. The van der Waals surface area contributed by atoms with E-state index in [0.717, 1.165) is 5.46 Å². The third kappa shape index (κ3) is 3.09. The van der Waals surface area contributed by atoms with Crippen molar-refractivity contribution in [2.24, 2.45) is 12.5 Å². The third-order valence-corrected chi connectivity index (χ3v) is 3.16. The highest BCUT2D eigenvalue weighted by Crippen LogP contribution is 2.32. The molecule has 1 aromatic rings. The third-order valence-electron chi connectivity index (χ3n) is 3.16. The van der Waals surface area contributed by atoms with Gasteiger partial charge in [-0.25, -0.2) is 0 Å². The Balaban J connectivity index is 2.57. The summed E-state index contributed by atoms with van der Waals surface area (Å²) in [7, 11) is 2.54. The fourth-order valence-corrected chi connectivity index (χ4v) is 1.03. The lowest BCUT2D eigenvalue weighted by Gasteiger charge is -2.39. The van der Waals surface area contributed by atoms with Gasteiger partial charge in [0, 0.05) is 19.4 Å². The molecule has 0 amide bonds. The van der Waals surface area contributed by atoms with Gasteiger partial charge in [-0.15, -0.1) is 0 Å². The average molecular weight is 208 g/mol. The second-order valence-electron chi connectivity index (χ2n) is 5.57. The van der Waals surface area contributed by atoms with Crippen LogP contribution in [0.5, 0.6) is 0 Å². The predicted molar refractivity (Wildman–Crippen MR) is 64.6 cm³/mol. The van der Waals surface area contributed by atoms with Crippen LogP contribution in [-0.2, 0) is 11.7 Å². The van der Waals surface area contributed by atoms with Crippen LogP contribution in [0.2, 0.25) is 0 Å². The van der Waals surface area contributed by atoms with Crippen molar-refractivity contribution in [3.63, 3.8) is 0 Å². The maximum atomic E-state index is 5.94. The molecule has 0 atom stereocenters. The van der Waals surface area contributed by atoms with Crippen LogP contribution in [-0.4, -0.2) is 22.9 Å². The Morgan fingerprint density at radius 1 is 1.27 bits per heavy atom. The fraction of sp³-hybridized carbons (Fsp3) is 0.727. The highest BCUT2D eigenvalue weighted by atomic mass is 16.5. The van der Waals surface area contributed by atoms with Crippen LogP contribution in [0.3, 0.4) is 0 Å². The van der Waals surface area contributed by atoms with E-state index in [1.807, 2.05) is 19.4 Å². The normalized spacial score (nSPS) is 12.9. The van der Waals surface area contributed by atoms with E-state index in [1.54, 1.807) is 4.68 Å². The van der Waals surface area contributed by atoms with Gasteiger partial charge >= 0.3 is 7.48 Å². The minimum absolute atomic E-state index is 0.134. The lowest BCUT2D eigenvalue weighted by atomic mass is 9.77. The first kappa shape index (κ1) is 12.3. The second-order valence-corrected chi connectivity index (χ2v) is 5.57.